The summed E-state index contributed by atoms with van der Waals surface area (Å²) in [4.78, 5) is 0. The van der Waals surface area contributed by atoms with Crippen LogP contribution in [0.15, 0.2) is 0 Å². The molecule has 0 aromatic heterocycles. The van der Waals surface area contributed by atoms with E-state index in [4.69, 9.17) is 26.6 Å². The standard InChI is InChI=1S/C13H28O6Si2/c1-14-20(15-2,16-3)12-9-11-7-8-13(12,10-11)21(17-4,18-5)19-6/h11-12H,7-10H2,1-6H3. The first-order valence-electron chi connectivity index (χ1n) is 7.34. The second-order valence-corrected chi connectivity index (χ2v) is 12.4. The van der Waals surface area contributed by atoms with Gasteiger partial charge < -0.3 is 26.6 Å². The molecule has 0 aliphatic heterocycles. The highest BCUT2D eigenvalue weighted by Gasteiger charge is 2.75. The van der Waals surface area contributed by atoms with Crippen molar-refractivity contribution in [3.8, 4) is 0 Å². The molecule has 0 N–H and O–H groups in total. The number of rotatable bonds is 8. The second kappa shape index (κ2) is 6.36. The van der Waals surface area contributed by atoms with Crippen molar-refractivity contribution < 1.29 is 26.6 Å². The van der Waals surface area contributed by atoms with Gasteiger partial charge in [-0.3, -0.25) is 0 Å². The highest BCUT2D eigenvalue weighted by molar-refractivity contribution is 6.70. The molecule has 124 valence electrons. The van der Waals surface area contributed by atoms with Crippen LogP contribution in [0.4, 0.5) is 0 Å². The molecule has 0 heterocycles. The number of hydrogen-bond donors (Lipinski definition) is 0. The molecule has 0 spiro atoms. The van der Waals surface area contributed by atoms with E-state index < -0.39 is 17.6 Å². The molecule has 0 radical (unpaired) electrons. The quantitative estimate of drug-likeness (QED) is 0.632. The first kappa shape index (κ1) is 17.5. The minimum Gasteiger partial charge on any atom is -0.377 e. The Hall–Kier alpha value is 0.194. The van der Waals surface area contributed by atoms with E-state index in [-0.39, 0.29) is 10.6 Å². The summed E-state index contributed by atoms with van der Waals surface area (Å²) in [5, 5.41) is -0.163. The maximum Gasteiger partial charge on any atom is 0.506 e. The number of fused-ring (bicyclic) bond motifs is 2. The lowest BCUT2D eigenvalue weighted by molar-refractivity contribution is 0.0647. The summed E-state index contributed by atoms with van der Waals surface area (Å²) in [5.41, 5.74) is 0.162. The van der Waals surface area contributed by atoms with Crippen LogP contribution in [0.3, 0.4) is 0 Å². The van der Waals surface area contributed by atoms with Crippen molar-refractivity contribution in [2.75, 3.05) is 42.7 Å². The Labute approximate surface area is 129 Å². The largest absolute Gasteiger partial charge is 0.506 e. The van der Waals surface area contributed by atoms with Crippen molar-refractivity contribution in [3.05, 3.63) is 0 Å². The maximum atomic E-state index is 5.85. The van der Waals surface area contributed by atoms with Crippen molar-refractivity contribution in [1.82, 2.24) is 0 Å². The third kappa shape index (κ3) is 2.28. The van der Waals surface area contributed by atoms with Crippen molar-refractivity contribution in [2.24, 2.45) is 5.92 Å². The molecule has 2 aliphatic carbocycles. The van der Waals surface area contributed by atoms with E-state index in [1.54, 1.807) is 42.7 Å². The van der Waals surface area contributed by atoms with Crippen LogP contribution >= 0.6 is 0 Å². The summed E-state index contributed by atoms with van der Waals surface area (Å²) in [6, 6.07) is 0. The third-order valence-electron chi connectivity index (χ3n) is 5.58. The highest BCUT2D eigenvalue weighted by Crippen LogP contribution is 2.72. The molecule has 0 saturated heterocycles. The van der Waals surface area contributed by atoms with Gasteiger partial charge in [-0.25, -0.2) is 0 Å². The van der Waals surface area contributed by atoms with Crippen LogP contribution in [-0.4, -0.2) is 60.3 Å². The Morgan fingerprint density at radius 3 is 1.71 bits per heavy atom. The molecule has 8 heteroatoms. The molecule has 0 aromatic carbocycles. The van der Waals surface area contributed by atoms with Gasteiger partial charge in [-0.2, -0.15) is 0 Å². The van der Waals surface area contributed by atoms with Crippen molar-refractivity contribution in [2.45, 2.75) is 36.3 Å². The van der Waals surface area contributed by atoms with Gasteiger partial charge in [-0.15, -0.1) is 0 Å². The van der Waals surface area contributed by atoms with Gasteiger partial charge in [0.1, 0.15) is 0 Å². The lowest BCUT2D eigenvalue weighted by atomic mass is 9.99. The Morgan fingerprint density at radius 2 is 1.33 bits per heavy atom. The zero-order valence-electron chi connectivity index (χ0n) is 13.9. The molecule has 3 atom stereocenters. The van der Waals surface area contributed by atoms with Gasteiger partial charge in [0.2, 0.25) is 0 Å². The predicted molar refractivity (Wildman–Crippen MR) is 82.0 cm³/mol. The van der Waals surface area contributed by atoms with Gasteiger partial charge in [0.05, 0.1) is 0 Å². The molecule has 0 amide bonds. The van der Waals surface area contributed by atoms with Crippen LogP contribution in [0.25, 0.3) is 0 Å². The van der Waals surface area contributed by atoms with E-state index in [9.17, 15) is 0 Å². The topological polar surface area (TPSA) is 55.4 Å². The van der Waals surface area contributed by atoms with Crippen LogP contribution in [0.1, 0.15) is 25.7 Å². The first-order valence-corrected chi connectivity index (χ1v) is 10.9. The van der Waals surface area contributed by atoms with Crippen molar-refractivity contribution >= 4 is 17.6 Å². The summed E-state index contributed by atoms with van der Waals surface area (Å²) in [6.45, 7) is 0. The lowest BCUT2D eigenvalue weighted by Gasteiger charge is -2.47. The SMILES string of the molecule is CO[Si](OC)(OC)C1CC2CCC1([Si](OC)(OC)OC)C2. The molecule has 3 unspecified atom stereocenters. The predicted octanol–water partition coefficient (Wildman–Crippen LogP) is 2.06. The van der Waals surface area contributed by atoms with Crippen LogP contribution in [0.5, 0.6) is 0 Å². The third-order valence-corrected chi connectivity index (χ3v) is 12.9. The summed E-state index contributed by atoms with van der Waals surface area (Å²) in [5.74, 6) is 0.648. The molecule has 2 rings (SSSR count). The van der Waals surface area contributed by atoms with Crippen LogP contribution < -0.4 is 0 Å². The van der Waals surface area contributed by atoms with Crippen molar-refractivity contribution in [3.63, 3.8) is 0 Å². The minimum absolute atomic E-state index is 0.162. The van der Waals surface area contributed by atoms with E-state index in [1.165, 1.54) is 6.42 Å². The molecule has 2 bridgehead atoms. The molecule has 2 aliphatic rings. The normalized spacial score (nSPS) is 32.9. The summed E-state index contributed by atoms with van der Waals surface area (Å²) < 4.78 is 34.9. The molecule has 2 fully saturated rings. The second-order valence-electron chi connectivity index (χ2n) is 5.94. The molecule has 2 saturated carbocycles. The van der Waals surface area contributed by atoms with Gasteiger partial charge in [-0.1, -0.05) is 0 Å². The average molecular weight is 337 g/mol. The zero-order valence-corrected chi connectivity index (χ0v) is 15.9. The fraction of sp³-hybridized carbons (Fsp3) is 1.00. The molecule has 0 aromatic rings. The van der Waals surface area contributed by atoms with Crippen LogP contribution in [-0.2, 0) is 26.6 Å². The molecular weight excluding hydrogens is 308 g/mol. The number of hydrogen-bond acceptors (Lipinski definition) is 6. The van der Waals surface area contributed by atoms with Gasteiger partial charge in [-0.05, 0) is 31.6 Å². The fourth-order valence-electron chi connectivity index (χ4n) is 4.77. The zero-order chi connectivity index (χ0) is 15.7. The van der Waals surface area contributed by atoms with Crippen molar-refractivity contribution in [1.29, 1.82) is 0 Å². The molecule has 6 nitrogen and oxygen atoms in total. The average Bonchev–Trinajstić information content (AvgIpc) is 3.12. The maximum absolute atomic E-state index is 5.85. The van der Waals surface area contributed by atoms with Gasteiger partial charge in [0, 0.05) is 53.2 Å². The Kier molecular flexibility index (Phi) is 5.32. The van der Waals surface area contributed by atoms with E-state index in [0.717, 1.165) is 19.3 Å². The van der Waals surface area contributed by atoms with E-state index in [2.05, 4.69) is 0 Å². The highest BCUT2D eigenvalue weighted by atomic mass is 28.4. The summed E-state index contributed by atoms with van der Waals surface area (Å²) in [6.07, 6.45) is 4.29. The van der Waals surface area contributed by atoms with Crippen LogP contribution in [0.2, 0.25) is 10.6 Å². The first-order chi connectivity index (χ1) is 10.0. The van der Waals surface area contributed by atoms with E-state index in [1.807, 2.05) is 0 Å². The molecule has 21 heavy (non-hydrogen) atoms. The lowest BCUT2D eigenvalue weighted by Crippen LogP contribution is -2.61. The van der Waals surface area contributed by atoms with E-state index in [0.29, 0.717) is 5.92 Å². The molecular formula is C13H28O6Si2. The van der Waals surface area contributed by atoms with Gasteiger partial charge in [0.15, 0.2) is 0 Å². The monoisotopic (exact) mass is 336 g/mol. The fourth-order valence-corrected chi connectivity index (χ4v) is 12.0. The smallest absolute Gasteiger partial charge is 0.377 e. The summed E-state index contributed by atoms with van der Waals surface area (Å²) >= 11 is 0. The van der Waals surface area contributed by atoms with Gasteiger partial charge in [0.25, 0.3) is 0 Å². The van der Waals surface area contributed by atoms with Gasteiger partial charge >= 0.3 is 17.6 Å². The Balaban J connectivity index is 2.48. The summed E-state index contributed by atoms with van der Waals surface area (Å²) in [7, 11) is 4.49. The van der Waals surface area contributed by atoms with Crippen LogP contribution in [0, 0.1) is 5.92 Å². The Bertz CT molecular complexity index is 344. The van der Waals surface area contributed by atoms with E-state index >= 15 is 0 Å². The Morgan fingerprint density at radius 1 is 0.810 bits per heavy atom. The minimum atomic E-state index is -2.82.